The molecule has 0 spiro atoms. The summed E-state index contributed by atoms with van der Waals surface area (Å²) in [6.45, 7) is 2.09. The third-order valence-corrected chi connectivity index (χ3v) is 6.11. The molecule has 1 N–H and O–H groups in total. The molecule has 0 aromatic carbocycles. The molecule has 1 aromatic heterocycles. The van der Waals surface area contributed by atoms with Crippen molar-refractivity contribution in [3.05, 3.63) is 11.1 Å². The fourth-order valence-corrected chi connectivity index (χ4v) is 4.81. The Balaban J connectivity index is 1.71. The minimum Gasteiger partial charge on any atom is -0.319 e. The first-order chi connectivity index (χ1) is 11.3. The van der Waals surface area contributed by atoms with E-state index >= 15 is 0 Å². The number of carbonyl (C=O) groups excluding carboxylic acids is 1. The Morgan fingerprint density at radius 1 is 1.13 bits per heavy atom. The molecule has 2 amide bonds. The second kappa shape index (κ2) is 8.13. The minimum atomic E-state index is 0.0841. The van der Waals surface area contributed by atoms with E-state index in [4.69, 9.17) is 0 Å². The zero-order valence-electron chi connectivity index (χ0n) is 14.2. The highest BCUT2D eigenvalue weighted by atomic mass is 32.1. The van der Waals surface area contributed by atoms with Crippen molar-refractivity contribution in [2.24, 2.45) is 0 Å². The highest BCUT2D eigenvalue weighted by Crippen LogP contribution is 2.31. The summed E-state index contributed by atoms with van der Waals surface area (Å²) in [4.78, 5) is 19.7. The molecular weight excluding hydrogens is 306 g/mol. The monoisotopic (exact) mass is 335 g/mol. The molecule has 0 saturated heterocycles. The number of aryl methyl sites for hydroxylation is 1. The lowest BCUT2D eigenvalue weighted by Gasteiger charge is -2.41. The maximum absolute atomic E-state index is 13.0. The Hall–Kier alpha value is -1.10. The van der Waals surface area contributed by atoms with Crippen molar-refractivity contribution >= 4 is 22.5 Å². The van der Waals surface area contributed by atoms with Crippen LogP contribution in [0.5, 0.6) is 0 Å². The number of rotatable bonds is 4. The van der Waals surface area contributed by atoms with Crippen molar-refractivity contribution in [3.63, 3.8) is 0 Å². The van der Waals surface area contributed by atoms with E-state index in [1.54, 1.807) is 11.3 Å². The summed E-state index contributed by atoms with van der Waals surface area (Å²) in [7, 11) is 0. The van der Waals surface area contributed by atoms with Crippen LogP contribution in [0.15, 0.2) is 5.38 Å². The van der Waals surface area contributed by atoms with Crippen LogP contribution in [0, 0.1) is 0 Å². The summed E-state index contributed by atoms with van der Waals surface area (Å²) < 4.78 is 0. The zero-order valence-corrected chi connectivity index (χ0v) is 15.0. The van der Waals surface area contributed by atoms with Crippen molar-refractivity contribution in [2.75, 3.05) is 5.32 Å². The second-order valence-corrected chi connectivity index (χ2v) is 7.78. The summed E-state index contributed by atoms with van der Waals surface area (Å²) >= 11 is 1.54. The molecule has 0 bridgehead atoms. The number of thiazole rings is 1. The number of nitrogens with one attached hydrogen (secondary N) is 1. The molecule has 3 rings (SSSR count). The molecule has 2 aliphatic rings. The maximum Gasteiger partial charge on any atom is 0.324 e. The maximum atomic E-state index is 13.0. The van der Waals surface area contributed by atoms with Crippen molar-refractivity contribution < 1.29 is 4.79 Å². The number of aromatic nitrogens is 1. The van der Waals surface area contributed by atoms with E-state index in [1.807, 2.05) is 5.38 Å². The molecule has 0 atom stereocenters. The lowest BCUT2D eigenvalue weighted by molar-refractivity contribution is 0.114. The van der Waals surface area contributed by atoms with Crippen LogP contribution in [0.2, 0.25) is 0 Å². The molecule has 2 aliphatic carbocycles. The molecular formula is C18H29N3OS. The highest BCUT2D eigenvalue weighted by Gasteiger charge is 2.32. The molecule has 2 saturated carbocycles. The van der Waals surface area contributed by atoms with Crippen molar-refractivity contribution in [2.45, 2.75) is 89.6 Å². The standard InChI is InChI=1S/C18H29N3OS/c1-2-14-13-23-17(19-14)20-18(22)21(15-9-5-3-6-10-15)16-11-7-4-8-12-16/h13,15-16H,2-12H2,1H3,(H,19,20,22). The Morgan fingerprint density at radius 2 is 1.70 bits per heavy atom. The van der Waals surface area contributed by atoms with Gasteiger partial charge < -0.3 is 4.90 Å². The topological polar surface area (TPSA) is 45.2 Å². The van der Waals surface area contributed by atoms with Crippen LogP contribution < -0.4 is 5.32 Å². The summed E-state index contributed by atoms with van der Waals surface area (Å²) in [5.41, 5.74) is 1.06. The van der Waals surface area contributed by atoms with Crippen LogP contribution in [0.1, 0.15) is 76.8 Å². The molecule has 23 heavy (non-hydrogen) atoms. The number of urea groups is 1. The molecule has 2 fully saturated rings. The average Bonchev–Trinajstić information content (AvgIpc) is 3.04. The van der Waals surface area contributed by atoms with Gasteiger partial charge in [-0.2, -0.15) is 0 Å². The van der Waals surface area contributed by atoms with Crippen LogP contribution in [0.3, 0.4) is 0 Å². The Kier molecular flexibility index (Phi) is 5.92. The fraction of sp³-hybridized carbons (Fsp3) is 0.778. The van der Waals surface area contributed by atoms with Gasteiger partial charge in [0.25, 0.3) is 0 Å². The van der Waals surface area contributed by atoms with E-state index in [2.05, 4.69) is 22.1 Å². The fourth-order valence-electron chi connectivity index (χ4n) is 4.03. The average molecular weight is 336 g/mol. The highest BCUT2D eigenvalue weighted by molar-refractivity contribution is 7.13. The smallest absolute Gasteiger partial charge is 0.319 e. The number of nitrogens with zero attached hydrogens (tertiary/aromatic N) is 2. The molecule has 0 aliphatic heterocycles. The van der Waals surface area contributed by atoms with Gasteiger partial charge in [0.1, 0.15) is 0 Å². The van der Waals surface area contributed by atoms with Gasteiger partial charge in [-0.05, 0) is 32.1 Å². The zero-order chi connectivity index (χ0) is 16.1. The van der Waals surface area contributed by atoms with E-state index in [1.165, 1.54) is 64.2 Å². The van der Waals surface area contributed by atoms with Crippen LogP contribution in [0.25, 0.3) is 0 Å². The van der Waals surface area contributed by atoms with Gasteiger partial charge in [-0.3, -0.25) is 5.32 Å². The predicted octanol–water partition coefficient (Wildman–Crippen LogP) is 5.20. The molecule has 1 heterocycles. The van der Waals surface area contributed by atoms with E-state index in [9.17, 15) is 4.79 Å². The predicted molar refractivity (Wildman–Crippen MR) is 96.1 cm³/mol. The largest absolute Gasteiger partial charge is 0.324 e. The first-order valence-electron chi connectivity index (χ1n) is 9.31. The normalized spacial score (nSPS) is 20.4. The van der Waals surface area contributed by atoms with Crippen LogP contribution >= 0.6 is 11.3 Å². The SMILES string of the molecule is CCc1csc(NC(=O)N(C2CCCCC2)C2CCCCC2)n1. The molecule has 1 aromatic rings. The summed E-state index contributed by atoms with van der Waals surface area (Å²) in [6, 6.07) is 0.940. The first kappa shape index (κ1) is 16.7. The van der Waals surface area contributed by atoms with Gasteiger partial charge in [0.05, 0.1) is 5.69 Å². The number of hydrogen-bond acceptors (Lipinski definition) is 3. The van der Waals surface area contributed by atoms with Crippen LogP contribution in [-0.4, -0.2) is 28.0 Å². The number of hydrogen-bond donors (Lipinski definition) is 1. The van der Waals surface area contributed by atoms with E-state index < -0.39 is 0 Å². The van der Waals surface area contributed by atoms with Gasteiger partial charge in [-0.1, -0.05) is 45.4 Å². The summed E-state index contributed by atoms with van der Waals surface area (Å²) in [5, 5.41) is 5.88. The van der Waals surface area contributed by atoms with Crippen molar-refractivity contribution in [1.29, 1.82) is 0 Å². The number of anilines is 1. The first-order valence-corrected chi connectivity index (χ1v) is 10.2. The Morgan fingerprint density at radius 3 is 2.17 bits per heavy atom. The molecule has 5 heteroatoms. The van der Waals surface area contributed by atoms with Gasteiger partial charge in [-0.25, -0.2) is 9.78 Å². The second-order valence-electron chi connectivity index (χ2n) is 6.92. The Bertz CT molecular complexity index is 486. The van der Waals surface area contributed by atoms with E-state index in [0.717, 1.165) is 17.2 Å². The van der Waals surface area contributed by atoms with E-state index in [-0.39, 0.29) is 6.03 Å². The molecule has 4 nitrogen and oxygen atoms in total. The number of amides is 2. The summed E-state index contributed by atoms with van der Waals surface area (Å²) in [5.74, 6) is 0. The minimum absolute atomic E-state index is 0.0841. The van der Waals surface area contributed by atoms with Gasteiger partial charge in [0, 0.05) is 17.5 Å². The molecule has 0 radical (unpaired) electrons. The van der Waals surface area contributed by atoms with Gasteiger partial charge in [-0.15, -0.1) is 11.3 Å². The van der Waals surface area contributed by atoms with Gasteiger partial charge in [0.2, 0.25) is 0 Å². The van der Waals surface area contributed by atoms with Gasteiger partial charge in [0.15, 0.2) is 5.13 Å². The lowest BCUT2D eigenvalue weighted by atomic mass is 9.89. The van der Waals surface area contributed by atoms with Crippen LogP contribution in [-0.2, 0) is 6.42 Å². The van der Waals surface area contributed by atoms with Gasteiger partial charge >= 0.3 is 6.03 Å². The lowest BCUT2D eigenvalue weighted by Crippen LogP contribution is -2.50. The Labute approximate surface area is 143 Å². The summed E-state index contributed by atoms with van der Waals surface area (Å²) in [6.07, 6.45) is 13.3. The third kappa shape index (κ3) is 4.25. The molecule has 128 valence electrons. The van der Waals surface area contributed by atoms with Crippen molar-refractivity contribution in [1.82, 2.24) is 9.88 Å². The van der Waals surface area contributed by atoms with Crippen LogP contribution in [0.4, 0.5) is 9.93 Å². The third-order valence-electron chi connectivity index (χ3n) is 5.30. The van der Waals surface area contributed by atoms with Crippen molar-refractivity contribution in [3.8, 4) is 0 Å². The number of carbonyl (C=O) groups is 1. The molecule has 0 unspecified atom stereocenters. The van der Waals surface area contributed by atoms with E-state index in [0.29, 0.717) is 12.1 Å². The quantitative estimate of drug-likeness (QED) is 0.821.